The van der Waals surface area contributed by atoms with E-state index in [0.717, 1.165) is 10.5 Å². The molecular formula is C24H21N3O5S. The average Bonchev–Trinajstić information content (AvgIpc) is 3.42. The van der Waals surface area contributed by atoms with Crippen LogP contribution in [0.3, 0.4) is 0 Å². The summed E-state index contributed by atoms with van der Waals surface area (Å²) in [5.41, 5.74) is 2.14. The van der Waals surface area contributed by atoms with Crippen LogP contribution in [0.25, 0.3) is 0 Å². The van der Waals surface area contributed by atoms with Gasteiger partial charge in [-0.3, -0.25) is 19.3 Å². The van der Waals surface area contributed by atoms with Crippen molar-refractivity contribution in [1.29, 1.82) is 0 Å². The molecule has 0 atom stereocenters. The van der Waals surface area contributed by atoms with Crippen LogP contribution in [0.4, 0.5) is 5.69 Å². The number of ether oxygens (including phenoxy) is 1. The maximum Gasteiger partial charge on any atom is 0.338 e. The first kappa shape index (κ1) is 22.3. The van der Waals surface area contributed by atoms with Gasteiger partial charge in [0.2, 0.25) is 17.7 Å². The van der Waals surface area contributed by atoms with Gasteiger partial charge >= 0.3 is 5.97 Å². The van der Waals surface area contributed by atoms with E-state index in [0.29, 0.717) is 22.9 Å². The van der Waals surface area contributed by atoms with Gasteiger partial charge in [-0.05, 0) is 23.8 Å². The van der Waals surface area contributed by atoms with Gasteiger partial charge in [-0.2, -0.15) is 0 Å². The maximum atomic E-state index is 12.5. The van der Waals surface area contributed by atoms with Gasteiger partial charge < -0.3 is 10.1 Å². The van der Waals surface area contributed by atoms with Crippen molar-refractivity contribution in [1.82, 2.24) is 10.3 Å². The van der Waals surface area contributed by atoms with Crippen LogP contribution in [0, 0.1) is 0 Å². The van der Waals surface area contributed by atoms with Crippen molar-refractivity contribution in [2.45, 2.75) is 32.4 Å². The molecule has 1 aliphatic rings. The van der Waals surface area contributed by atoms with E-state index >= 15 is 0 Å². The highest BCUT2D eigenvalue weighted by Crippen LogP contribution is 2.24. The Labute approximate surface area is 194 Å². The third-order valence-corrected chi connectivity index (χ3v) is 5.88. The van der Waals surface area contributed by atoms with Crippen molar-refractivity contribution in [3.05, 3.63) is 81.8 Å². The predicted molar refractivity (Wildman–Crippen MR) is 121 cm³/mol. The van der Waals surface area contributed by atoms with Crippen molar-refractivity contribution in [2.24, 2.45) is 0 Å². The van der Waals surface area contributed by atoms with Gasteiger partial charge in [0.1, 0.15) is 11.6 Å². The fraction of sp³-hybridized carbons (Fsp3) is 0.208. The van der Waals surface area contributed by atoms with Crippen LogP contribution in [0.2, 0.25) is 0 Å². The number of carbonyl (C=O) groups is 4. The van der Waals surface area contributed by atoms with E-state index in [1.54, 1.807) is 23.6 Å². The van der Waals surface area contributed by atoms with Crippen LogP contribution in [0.15, 0.2) is 60.0 Å². The number of hydrogen-bond acceptors (Lipinski definition) is 7. The highest BCUT2D eigenvalue weighted by Gasteiger charge is 2.30. The lowest BCUT2D eigenvalue weighted by molar-refractivity contribution is -0.122. The summed E-state index contributed by atoms with van der Waals surface area (Å²) in [6, 6.07) is 15.8. The summed E-state index contributed by atoms with van der Waals surface area (Å²) in [4.78, 5) is 53.9. The van der Waals surface area contributed by atoms with Crippen LogP contribution in [0.5, 0.6) is 0 Å². The molecule has 1 fully saturated rings. The van der Waals surface area contributed by atoms with Gasteiger partial charge in [0.25, 0.3) is 0 Å². The monoisotopic (exact) mass is 463 g/mol. The minimum atomic E-state index is -0.592. The fourth-order valence-electron chi connectivity index (χ4n) is 3.35. The largest absolute Gasteiger partial charge is 0.456 e. The molecule has 0 saturated carbocycles. The Kier molecular flexibility index (Phi) is 6.89. The number of imide groups is 1. The third-order valence-electron chi connectivity index (χ3n) is 4.99. The van der Waals surface area contributed by atoms with Crippen molar-refractivity contribution >= 4 is 40.7 Å². The van der Waals surface area contributed by atoms with E-state index in [2.05, 4.69) is 10.3 Å². The van der Waals surface area contributed by atoms with Gasteiger partial charge in [-0.15, -0.1) is 11.3 Å². The summed E-state index contributed by atoms with van der Waals surface area (Å²) >= 11 is 1.32. The van der Waals surface area contributed by atoms with E-state index in [1.807, 2.05) is 30.3 Å². The molecule has 0 bridgehead atoms. The molecule has 2 heterocycles. The zero-order chi connectivity index (χ0) is 23.2. The number of benzene rings is 2. The molecule has 1 N–H and O–H groups in total. The number of esters is 1. The van der Waals surface area contributed by atoms with Crippen LogP contribution in [0.1, 0.15) is 39.5 Å². The molecule has 0 spiro atoms. The number of hydrogen-bond donors (Lipinski definition) is 1. The molecule has 4 rings (SSSR count). The highest BCUT2D eigenvalue weighted by atomic mass is 32.1. The fourth-order valence-corrected chi connectivity index (χ4v) is 4.13. The smallest absolute Gasteiger partial charge is 0.338 e. The van der Waals surface area contributed by atoms with Crippen LogP contribution in [-0.2, 0) is 38.7 Å². The first-order valence-electron chi connectivity index (χ1n) is 10.4. The molecule has 0 radical (unpaired) electrons. The first-order valence-corrected chi connectivity index (χ1v) is 11.2. The number of amides is 3. The molecule has 3 amide bonds. The topological polar surface area (TPSA) is 106 Å². The minimum absolute atomic E-state index is 0.0488. The summed E-state index contributed by atoms with van der Waals surface area (Å²) in [5, 5.41) is 5.22. The normalized spacial score (nSPS) is 13.3. The molecule has 3 aromatic rings. The second-order valence-electron chi connectivity index (χ2n) is 7.42. The van der Waals surface area contributed by atoms with Gasteiger partial charge in [-0.1, -0.05) is 36.4 Å². The van der Waals surface area contributed by atoms with Gasteiger partial charge in [-0.25, -0.2) is 9.78 Å². The number of aromatic nitrogens is 1. The van der Waals surface area contributed by atoms with E-state index in [9.17, 15) is 19.2 Å². The Balaban J connectivity index is 1.29. The Bertz CT molecular complexity index is 1180. The summed E-state index contributed by atoms with van der Waals surface area (Å²) in [5.74, 6) is -1.30. The molecule has 0 unspecified atom stereocenters. The lowest BCUT2D eigenvalue weighted by Crippen LogP contribution is -2.28. The number of carbonyl (C=O) groups excluding carboxylic acids is 4. The number of thiazole rings is 1. The number of nitrogens with one attached hydrogen (secondary N) is 1. The SMILES string of the molecule is O=C(Cc1nc(COC(=O)c2cccc(N3C(=O)CCC3=O)c2)cs1)NCc1ccccc1. The van der Waals surface area contributed by atoms with E-state index in [1.165, 1.54) is 17.4 Å². The van der Waals surface area contributed by atoms with Crippen LogP contribution < -0.4 is 10.2 Å². The molecule has 1 aromatic heterocycles. The second-order valence-corrected chi connectivity index (χ2v) is 8.36. The Hall–Kier alpha value is -3.85. The molecule has 1 saturated heterocycles. The second kappa shape index (κ2) is 10.2. The van der Waals surface area contributed by atoms with E-state index in [4.69, 9.17) is 4.74 Å². The summed E-state index contributed by atoms with van der Waals surface area (Å²) < 4.78 is 5.33. The molecule has 168 valence electrons. The first-order chi connectivity index (χ1) is 16.0. The zero-order valence-corrected chi connectivity index (χ0v) is 18.5. The summed E-state index contributed by atoms with van der Waals surface area (Å²) in [6.45, 7) is 0.399. The predicted octanol–water partition coefficient (Wildman–Crippen LogP) is 3.01. The molecule has 9 heteroatoms. The summed E-state index contributed by atoms with van der Waals surface area (Å²) in [6.07, 6.45) is 0.485. The van der Waals surface area contributed by atoms with Crippen LogP contribution >= 0.6 is 11.3 Å². The van der Waals surface area contributed by atoms with Gasteiger partial charge in [0.15, 0.2) is 0 Å². The Morgan fingerprint density at radius 2 is 1.79 bits per heavy atom. The van der Waals surface area contributed by atoms with Crippen LogP contribution in [-0.4, -0.2) is 28.7 Å². The number of rotatable bonds is 8. The maximum absolute atomic E-state index is 12.5. The Morgan fingerprint density at radius 1 is 1.03 bits per heavy atom. The highest BCUT2D eigenvalue weighted by molar-refractivity contribution is 7.09. The van der Waals surface area contributed by atoms with Crippen molar-refractivity contribution in [3.63, 3.8) is 0 Å². The standard InChI is InChI=1S/C24H21N3O5S/c28-20(25-13-16-5-2-1-3-6-16)12-21-26-18(15-33-21)14-32-24(31)17-7-4-8-19(11-17)27-22(29)9-10-23(27)30/h1-8,11,15H,9-10,12-14H2,(H,25,28). The van der Waals surface area contributed by atoms with E-state index in [-0.39, 0.29) is 49.2 Å². The third kappa shape index (κ3) is 5.69. The quantitative estimate of drug-likeness (QED) is 0.407. The van der Waals surface area contributed by atoms with Crippen molar-refractivity contribution in [2.75, 3.05) is 4.90 Å². The molecular weight excluding hydrogens is 442 g/mol. The lowest BCUT2D eigenvalue weighted by Gasteiger charge is -2.14. The Morgan fingerprint density at radius 3 is 2.55 bits per heavy atom. The lowest BCUT2D eigenvalue weighted by atomic mass is 10.2. The van der Waals surface area contributed by atoms with Crippen molar-refractivity contribution in [3.8, 4) is 0 Å². The average molecular weight is 464 g/mol. The minimum Gasteiger partial charge on any atom is -0.456 e. The zero-order valence-electron chi connectivity index (χ0n) is 17.7. The van der Waals surface area contributed by atoms with Crippen molar-refractivity contribution < 1.29 is 23.9 Å². The number of nitrogens with zero attached hydrogens (tertiary/aromatic N) is 2. The van der Waals surface area contributed by atoms with Gasteiger partial charge in [0, 0.05) is 24.8 Å². The molecule has 0 aliphatic carbocycles. The van der Waals surface area contributed by atoms with Gasteiger partial charge in [0.05, 0.1) is 23.4 Å². The molecule has 8 nitrogen and oxygen atoms in total. The van der Waals surface area contributed by atoms with E-state index < -0.39 is 5.97 Å². The molecule has 1 aliphatic heterocycles. The number of anilines is 1. The summed E-state index contributed by atoms with van der Waals surface area (Å²) in [7, 11) is 0. The molecule has 2 aromatic carbocycles. The molecule has 33 heavy (non-hydrogen) atoms.